The molecule has 6 nitrogen and oxygen atoms in total. The number of thiazole rings is 1. The van der Waals surface area contributed by atoms with Crippen LogP contribution in [0.15, 0.2) is 10.4 Å². The second kappa shape index (κ2) is 9.85. The van der Waals surface area contributed by atoms with Gasteiger partial charge in [-0.2, -0.15) is 0 Å². The van der Waals surface area contributed by atoms with Crippen LogP contribution >= 0.6 is 11.3 Å². The Labute approximate surface area is 169 Å². The summed E-state index contributed by atoms with van der Waals surface area (Å²) in [7, 11) is 5.62. The van der Waals surface area contributed by atoms with E-state index in [-0.39, 0.29) is 11.6 Å². The van der Waals surface area contributed by atoms with Crippen molar-refractivity contribution in [2.75, 3.05) is 40.8 Å². The maximum absolute atomic E-state index is 5.36. The topological polar surface area (TPSA) is 53.0 Å². The number of aromatic nitrogens is 1. The third kappa shape index (κ3) is 6.16. The van der Waals surface area contributed by atoms with Gasteiger partial charge in [-0.05, 0) is 46.1 Å². The average Bonchev–Trinajstić information content (AvgIpc) is 3.10. The third-order valence-electron chi connectivity index (χ3n) is 5.44. The zero-order chi connectivity index (χ0) is 20.0. The molecule has 27 heavy (non-hydrogen) atoms. The van der Waals surface area contributed by atoms with Gasteiger partial charge in [-0.15, -0.1) is 11.3 Å². The first-order valence-electron chi connectivity index (χ1n) is 9.90. The lowest BCUT2D eigenvalue weighted by Gasteiger charge is -2.43. The summed E-state index contributed by atoms with van der Waals surface area (Å²) in [6.45, 7) is 13.0. The maximum atomic E-state index is 5.36. The van der Waals surface area contributed by atoms with Crippen molar-refractivity contribution in [1.29, 1.82) is 0 Å². The molecule has 1 aliphatic heterocycles. The van der Waals surface area contributed by atoms with Crippen LogP contribution in [-0.2, 0) is 11.3 Å². The van der Waals surface area contributed by atoms with Gasteiger partial charge in [0.2, 0.25) is 0 Å². The SMILES string of the molecule is CN=C(NCC(C)(C)N1CCCC(C)C1)N(C)Cc1csc(C(C)OC)n1. The minimum Gasteiger partial charge on any atom is -0.375 e. The highest BCUT2D eigenvalue weighted by Gasteiger charge is 2.30. The van der Waals surface area contributed by atoms with Crippen molar-refractivity contribution in [3.63, 3.8) is 0 Å². The average molecular weight is 396 g/mol. The molecule has 0 amide bonds. The van der Waals surface area contributed by atoms with Crippen LogP contribution in [0.5, 0.6) is 0 Å². The van der Waals surface area contributed by atoms with E-state index in [0.29, 0.717) is 0 Å². The van der Waals surface area contributed by atoms with Gasteiger partial charge in [0.05, 0.1) is 12.2 Å². The fraction of sp³-hybridized carbons (Fsp3) is 0.800. The lowest BCUT2D eigenvalue weighted by atomic mass is 9.93. The maximum Gasteiger partial charge on any atom is 0.193 e. The van der Waals surface area contributed by atoms with Gasteiger partial charge < -0.3 is 15.0 Å². The van der Waals surface area contributed by atoms with Crippen molar-refractivity contribution in [1.82, 2.24) is 20.1 Å². The quantitative estimate of drug-likeness (QED) is 0.567. The predicted molar refractivity (Wildman–Crippen MR) is 114 cm³/mol. The number of guanidine groups is 1. The van der Waals surface area contributed by atoms with E-state index in [1.54, 1.807) is 18.4 Å². The molecule has 7 heteroatoms. The number of ether oxygens (including phenoxy) is 1. The molecule has 0 radical (unpaired) electrons. The number of nitrogens with zero attached hydrogens (tertiary/aromatic N) is 4. The van der Waals surface area contributed by atoms with Gasteiger partial charge in [-0.3, -0.25) is 9.89 Å². The molecular formula is C20H37N5OS. The number of nitrogens with one attached hydrogen (secondary N) is 1. The number of methoxy groups -OCH3 is 1. The number of hydrogen-bond donors (Lipinski definition) is 1. The first kappa shape index (κ1) is 22.1. The monoisotopic (exact) mass is 395 g/mol. The molecule has 2 heterocycles. The van der Waals surface area contributed by atoms with E-state index in [9.17, 15) is 0 Å². The number of rotatable bonds is 7. The summed E-state index contributed by atoms with van der Waals surface area (Å²) in [6, 6.07) is 0. The van der Waals surface area contributed by atoms with Crippen LogP contribution in [-0.4, -0.2) is 67.1 Å². The van der Waals surface area contributed by atoms with E-state index >= 15 is 0 Å². The van der Waals surface area contributed by atoms with Crippen molar-refractivity contribution in [3.8, 4) is 0 Å². The van der Waals surface area contributed by atoms with Crippen LogP contribution in [0.25, 0.3) is 0 Å². The van der Waals surface area contributed by atoms with Crippen molar-refractivity contribution in [3.05, 3.63) is 16.1 Å². The van der Waals surface area contributed by atoms with E-state index in [4.69, 9.17) is 4.74 Å². The van der Waals surface area contributed by atoms with E-state index < -0.39 is 0 Å². The molecule has 2 rings (SSSR count). The molecule has 2 unspecified atom stereocenters. The van der Waals surface area contributed by atoms with Crippen LogP contribution in [0.1, 0.15) is 57.3 Å². The summed E-state index contributed by atoms with van der Waals surface area (Å²) in [5.74, 6) is 1.69. The molecule has 1 fully saturated rings. The van der Waals surface area contributed by atoms with Gasteiger partial charge in [-0.25, -0.2) is 4.98 Å². The van der Waals surface area contributed by atoms with E-state index in [2.05, 4.69) is 58.3 Å². The first-order chi connectivity index (χ1) is 12.8. The zero-order valence-electron chi connectivity index (χ0n) is 18.1. The summed E-state index contributed by atoms with van der Waals surface area (Å²) in [6.07, 6.45) is 2.69. The van der Waals surface area contributed by atoms with E-state index in [0.717, 1.165) is 35.7 Å². The first-order valence-corrected chi connectivity index (χ1v) is 10.8. The molecule has 0 spiro atoms. The summed E-state index contributed by atoms with van der Waals surface area (Å²) in [5, 5.41) is 6.69. The van der Waals surface area contributed by atoms with Crippen molar-refractivity contribution >= 4 is 17.3 Å². The zero-order valence-corrected chi connectivity index (χ0v) is 18.9. The Morgan fingerprint density at radius 3 is 2.93 bits per heavy atom. The second-order valence-electron chi connectivity index (χ2n) is 8.32. The van der Waals surface area contributed by atoms with Gasteiger partial charge in [0.25, 0.3) is 0 Å². The minimum atomic E-state index is 0.0410. The van der Waals surface area contributed by atoms with Crippen molar-refractivity contribution in [2.24, 2.45) is 10.9 Å². The Kier molecular flexibility index (Phi) is 8.06. The van der Waals surface area contributed by atoms with E-state index in [1.165, 1.54) is 25.9 Å². The molecule has 1 aliphatic rings. The molecule has 0 aromatic carbocycles. The highest BCUT2D eigenvalue weighted by atomic mass is 32.1. The number of aliphatic imine (C=N–C) groups is 1. The van der Waals surface area contributed by atoms with Gasteiger partial charge in [-0.1, -0.05) is 6.92 Å². The normalized spacial score (nSPS) is 20.6. The number of likely N-dealkylation sites (tertiary alicyclic amines) is 1. The lowest BCUT2D eigenvalue weighted by Crippen LogP contribution is -2.56. The molecular weight excluding hydrogens is 358 g/mol. The Morgan fingerprint density at radius 2 is 2.30 bits per heavy atom. The van der Waals surface area contributed by atoms with Crippen LogP contribution in [0, 0.1) is 5.92 Å². The molecule has 0 bridgehead atoms. The fourth-order valence-corrected chi connectivity index (χ4v) is 4.37. The number of hydrogen-bond acceptors (Lipinski definition) is 5. The predicted octanol–water partition coefficient (Wildman–Crippen LogP) is 3.37. The van der Waals surface area contributed by atoms with E-state index in [1.807, 2.05) is 14.0 Å². The Balaban J connectivity index is 1.91. The van der Waals surface area contributed by atoms with Gasteiger partial charge in [0.15, 0.2) is 5.96 Å². The number of piperidine rings is 1. The van der Waals surface area contributed by atoms with Crippen molar-refractivity contribution in [2.45, 2.75) is 58.7 Å². The van der Waals surface area contributed by atoms with Crippen LogP contribution in [0.2, 0.25) is 0 Å². The Morgan fingerprint density at radius 1 is 1.56 bits per heavy atom. The van der Waals surface area contributed by atoms with Gasteiger partial charge in [0.1, 0.15) is 11.1 Å². The summed E-state index contributed by atoms with van der Waals surface area (Å²) < 4.78 is 5.36. The molecule has 154 valence electrons. The summed E-state index contributed by atoms with van der Waals surface area (Å²) in [4.78, 5) is 13.9. The minimum absolute atomic E-state index is 0.0410. The highest BCUT2D eigenvalue weighted by Crippen LogP contribution is 2.24. The molecule has 2 atom stereocenters. The molecule has 1 aromatic rings. The molecule has 1 N–H and O–H groups in total. The lowest BCUT2D eigenvalue weighted by molar-refractivity contribution is 0.0735. The third-order valence-corrected chi connectivity index (χ3v) is 6.49. The molecule has 0 saturated carbocycles. The second-order valence-corrected chi connectivity index (χ2v) is 9.21. The standard InChI is InChI=1S/C20H37N5OS/c1-15-9-8-10-25(11-15)20(3,4)14-22-19(21-5)24(6)12-17-13-27-18(23-17)16(2)26-7/h13,15-16H,8-12,14H2,1-7H3,(H,21,22). The fourth-order valence-electron chi connectivity index (χ4n) is 3.53. The van der Waals surface area contributed by atoms with Crippen LogP contribution in [0.3, 0.4) is 0 Å². The molecule has 0 aliphatic carbocycles. The highest BCUT2D eigenvalue weighted by molar-refractivity contribution is 7.09. The van der Waals surface area contributed by atoms with Crippen LogP contribution < -0.4 is 5.32 Å². The van der Waals surface area contributed by atoms with Crippen LogP contribution in [0.4, 0.5) is 0 Å². The molecule has 1 aromatic heterocycles. The Bertz CT molecular complexity index is 615. The van der Waals surface area contributed by atoms with Gasteiger partial charge in [0, 0.05) is 45.2 Å². The summed E-state index contributed by atoms with van der Waals surface area (Å²) >= 11 is 1.65. The molecule has 1 saturated heterocycles. The van der Waals surface area contributed by atoms with Crippen molar-refractivity contribution < 1.29 is 4.74 Å². The Hall–Kier alpha value is -1.18. The largest absolute Gasteiger partial charge is 0.375 e. The summed E-state index contributed by atoms with van der Waals surface area (Å²) in [5.41, 5.74) is 1.15. The smallest absolute Gasteiger partial charge is 0.193 e. The van der Waals surface area contributed by atoms with Gasteiger partial charge >= 0.3 is 0 Å².